The predicted molar refractivity (Wildman–Crippen MR) is 62.5 cm³/mol. The fraction of sp³-hybridized carbons (Fsp3) is 0.154. The molecule has 0 unspecified atom stereocenters. The summed E-state index contributed by atoms with van der Waals surface area (Å²) in [5, 5.41) is 10.5. The van der Waals surface area contributed by atoms with Crippen molar-refractivity contribution in [1.82, 2.24) is 4.98 Å². The molecule has 2 aromatic rings. The number of hydrogen-bond acceptors (Lipinski definition) is 2. The molecule has 1 N–H and O–H groups in total. The molecule has 1 heterocycles. The Morgan fingerprint density at radius 1 is 1.33 bits per heavy atom. The molecule has 76 valence electrons. The lowest BCUT2D eigenvalue weighted by Gasteiger charge is -2.06. The van der Waals surface area contributed by atoms with Crippen molar-refractivity contribution in [2.75, 3.05) is 0 Å². The van der Waals surface area contributed by atoms with E-state index in [2.05, 4.69) is 11.6 Å². The van der Waals surface area contributed by atoms with Gasteiger partial charge < -0.3 is 5.11 Å². The van der Waals surface area contributed by atoms with Crippen LogP contribution in [0.1, 0.15) is 24.3 Å². The van der Waals surface area contributed by atoms with Gasteiger partial charge in [0.15, 0.2) is 0 Å². The van der Waals surface area contributed by atoms with Gasteiger partial charge in [0.1, 0.15) is 0 Å². The number of pyridine rings is 1. The van der Waals surface area contributed by atoms with Crippen LogP contribution in [0.4, 0.5) is 0 Å². The minimum Gasteiger partial charge on any atom is -0.389 e. The molecule has 1 aromatic carbocycles. The van der Waals surface area contributed by atoms with Gasteiger partial charge in [0.25, 0.3) is 0 Å². The maximum atomic E-state index is 9.46. The fourth-order valence-corrected chi connectivity index (χ4v) is 1.52. The van der Waals surface area contributed by atoms with E-state index in [1.54, 1.807) is 13.0 Å². The van der Waals surface area contributed by atoms with Crippen molar-refractivity contribution in [2.45, 2.75) is 13.0 Å². The van der Waals surface area contributed by atoms with Crippen LogP contribution in [0.2, 0.25) is 0 Å². The van der Waals surface area contributed by atoms with Gasteiger partial charge in [0.2, 0.25) is 0 Å². The summed E-state index contributed by atoms with van der Waals surface area (Å²) >= 11 is 0. The second-order valence-electron chi connectivity index (χ2n) is 3.57. The summed E-state index contributed by atoms with van der Waals surface area (Å²) in [7, 11) is 0. The molecule has 0 radical (unpaired) electrons. The van der Waals surface area contributed by atoms with E-state index in [-0.39, 0.29) is 0 Å². The molecule has 2 rings (SSSR count). The summed E-state index contributed by atoms with van der Waals surface area (Å²) in [5.74, 6) is 0. The number of fused-ring (bicyclic) bond motifs is 1. The summed E-state index contributed by atoms with van der Waals surface area (Å²) in [4.78, 5) is 4.41. The maximum Gasteiger partial charge on any atom is 0.0762 e. The second kappa shape index (κ2) is 3.83. The number of hydrogen-bond donors (Lipinski definition) is 1. The molecular weight excluding hydrogens is 186 g/mol. The van der Waals surface area contributed by atoms with Gasteiger partial charge in [-0.25, -0.2) is 4.98 Å². The fourth-order valence-electron chi connectivity index (χ4n) is 1.52. The third-order valence-electron chi connectivity index (χ3n) is 2.43. The van der Waals surface area contributed by atoms with Crippen LogP contribution in [0.25, 0.3) is 17.0 Å². The summed E-state index contributed by atoms with van der Waals surface area (Å²) in [6, 6.07) is 9.73. The van der Waals surface area contributed by atoms with Crippen LogP contribution in [-0.2, 0) is 0 Å². The third kappa shape index (κ3) is 1.90. The van der Waals surface area contributed by atoms with Crippen LogP contribution in [0.5, 0.6) is 0 Å². The van der Waals surface area contributed by atoms with Crippen LogP contribution < -0.4 is 0 Å². The van der Waals surface area contributed by atoms with Gasteiger partial charge in [0.05, 0.1) is 17.3 Å². The minimum absolute atomic E-state index is 0.455. The molecule has 0 fully saturated rings. The normalized spacial score (nSPS) is 12.7. The van der Waals surface area contributed by atoms with Crippen molar-refractivity contribution in [1.29, 1.82) is 0 Å². The van der Waals surface area contributed by atoms with E-state index in [0.29, 0.717) is 0 Å². The predicted octanol–water partition coefficient (Wildman–Crippen LogP) is 2.93. The Bertz CT molecular complexity index is 503. The monoisotopic (exact) mass is 199 g/mol. The molecule has 2 heteroatoms. The Morgan fingerprint density at radius 3 is 2.73 bits per heavy atom. The van der Waals surface area contributed by atoms with Crippen molar-refractivity contribution in [3.8, 4) is 0 Å². The SMILES string of the molecule is C=Cc1ccc2ccc([C@@H](C)O)cc2n1. The molecule has 0 saturated carbocycles. The number of aromatic nitrogens is 1. The molecule has 2 nitrogen and oxygen atoms in total. The highest BCUT2D eigenvalue weighted by atomic mass is 16.3. The molecule has 0 bridgehead atoms. The molecule has 0 aliphatic heterocycles. The molecule has 0 amide bonds. The van der Waals surface area contributed by atoms with Crippen molar-refractivity contribution in [3.05, 3.63) is 48.2 Å². The van der Waals surface area contributed by atoms with E-state index in [1.807, 2.05) is 30.3 Å². The van der Waals surface area contributed by atoms with Crippen LogP contribution >= 0.6 is 0 Å². The minimum atomic E-state index is -0.455. The largest absolute Gasteiger partial charge is 0.389 e. The van der Waals surface area contributed by atoms with E-state index < -0.39 is 6.10 Å². The Morgan fingerprint density at radius 2 is 2.07 bits per heavy atom. The van der Waals surface area contributed by atoms with E-state index in [9.17, 15) is 5.11 Å². The summed E-state index contributed by atoms with van der Waals surface area (Å²) in [6.45, 7) is 5.43. The van der Waals surface area contributed by atoms with Gasteiger partial charge in [-0.05, 0) is 30.7 Å². The zero-order valence-electron chi connectivity index (χ0n) is 8.64. The van der Waals surface area contributed by atoms with Gasteiger partial charge in [-0.15, -0.1) is 0 Å². The molecule has 0 aliphatic rings. The van der Waals surface area contributed by atoms with Crippen molar-refractivity contribution >= 4 is 17.0 Å². The third-order valence-corrected chi connectivity index (χ3v) is 2.43. The number of nitrogens with zero attached hydrogens (tertiary/aromatic N) is 1. The van der Waals surface area contributed by atoms with E-state index in [4.69, 9.17) is 0 Å². The highest BCUT2D eigenvalue weighted by Gasteiger charge is 2.02. The van der Waals surface area contributed by atoms with Gasteiger partial charge >= 0.3 is 0 Å². The van der Waals surface area contributed by atoms with E-state index in [0.717, 1.165) is 22.2 Å². The standard InChI is InChI=1S/C13H13NO/c1-3-12-7-6-10-4-5-11(9(2)15)8-13(10)14-12/h3-9,15H,1H2,2H3/t9-/m1/s1. The van der Waals surface area contributed by atoms with Crippen molar-refractivity contribution in [2.24, 2.45) is 0 Å². The summed E-state index contributed by atoms with van der Waals surface area (Å²) < 4.78 is 0. The number of aliphatic hydroxyl groups is 1. The van der Waals surface area contributed by atoms with E-state index in [1.165, 1.54) is 0 Å². The topological polar surface area (TPSA) is 33.1 Å². The quantitative estimate of drug-likeness (QED) is 0.806. The second-order valence-corrected chi connectivity index (χ2v) is 3.57. The van der Waals surface area contributed by atoms with Gasteiger partial charge in [-0.3, -0.25) is 0 Å². The Kier molecular flexibility index (Phi) is 2.52. The molecule has 1 atom stereocenters. The average Bonchev–Trinajstić information content (AvgIpc) is 2.27. The Hall–Kier alpha value is -1.67. The number of rotatable bonds is 2. The van der Waals surface area contributed by atoms with Crippen LogP contribution in [0.15, 0.2) is 36.9 Å². The molecule has 0 saturated heterocycles. The lowest BCUT2D eigenvalue weighted by atomic mass is 10.1. The smallest absolute Gasteiger partial charge is 0.0762 e. The van der Waals surface area contributed by atoms with E-state index >= 15 is 0 Å². The highest BCUT2D eigenvalue weighted by Crippen LogP contribution is 2.19. The molecule has 15 heavy (non-hydrogen) atoms. The number of aliphatic hydroxyl groups excluding tert-OH is 1. The van der Waals surface area contributed by atoms with Gasteiger partial charge in [-0.2, -0.15) is 0 Å². The maximum absolute atomic E-state index is 9.46. The first-order valence-corrected chi connectivity index (χ1v) is 4.92. The van der Waals surface area contributed by atoms with Crippen molar-refractivity contribution < 1.29 is 5.11 Å². The summed E-state index contributed by atoms with van der Waals surface area (Å²) in [5.41, 5.74) is 2.63. The highest BCUT2D eigenvalue weighted by molar-refractivity contribution is 5.80. The zero-order chi connectivity index (χ0) is 10.8. The average molecular weight is 199 g/mol. The molecule has 1 aromatic heterocycles. The lowest BCUT2D eigenvalue weighted by Crippen LogP contribution is -1.91. The Balaban J connectivity index is 2.62. The van der Waals surface area contributed by atoms with Crippen molar-refractivity contribution in [3.63, 3.8) is 0 Å². The first-order valence-electron chi connectivity index (χ1n) is 4.92. The zero-order valence-corrected chi connectivity index (χ0v) is 8.64. The molecule has 0 aliphatic carbocycles. The first-order chi connectivity index (χ1) is 7.20. The molecular formula is C13H13NO. The van der Waals surface area contributed by atoms with Crippen LogP contribution in [0.3, 0.4) is 0 Å². The molecule has 0 spiro atoms. The van der Waals surface area contributed by atoms with Gasteiger partial charge in [0, 0.05) is 5.39 Å². The summed E-state index contributed by atoms with van der Waals surface area (Å²) in [6.07, 6.45) is 1.26. The Labute approximate surface area is 88.9 Å². The lowest BCUT2D eigenvalue weighted by molar-refractivity contribution is 0.199. The van der Waals surface area contributed by atoms with Crippen LogP contribution in [0, 0.1) is 0 Å². The first kappa shape index (κ1) is 9.87. The number of benzene rings is 1. The van der Waals surface area contributed by atoms with Gasteiger partial charge in [-0.1, -0.05) is 24.8 Å². The van der Waals surface area contributed by atoms with Crippen LogP contribution in [-0.4, -0.2) is 10.1 Å².